The van der Waals surface area contributed by atoms with Gasteiger partial charge in [0.15, 0.2) is 0 Å². The molecule has 0 aliphatic carbocycles. The van der Waals surface area contributed by atoms with Crippen LogP contribution in [0, 0.1) is 11.8 Å². The average molecular weight is 1010 g/mol. The van der Waals surface area contributed by atoms with Crippen molar-refractivity contribution in [3.8, 4) is 57.4 Å². The molecule has 2 aliphatic rings. The Morgan fingerprint density at radius 3 is 1.44 bits per heavy atom. The Kier molecular flexibility index (Phi) is 15.4. The van der Waals surface area contributed by atoms with Crippen LogP contribution in [-0.2, 0) is 49.8 Å². The van der Waals surface area contributed by atoms with Crippen molar-refractivity contribution in [3.05, 3.63) is 90.5 Å². The summed E-state index contributed by atoms with van der Waals surface area (Å²) in [6, 6.07) is 19.9. The molecule has 308 valence electrons. The Morgan fingerprint density at radius 2 is 0.939 bits per heavy atom. The van der Waals surface area contributed by atoms with Gasteiger partial charge in [-0.2, -0.15) is 0 Å². The van der Waals surface area contributed by atoms with Crippen molar-refractivity contribution in [1.82, 2.24) is 39.9 Å². The molecule has 0 radical (unpaired) electrons. The van der Waals surface area contributed by atoms with Gasteiger partial charge in [-0.25, -0.2) is 35.2 Å². The Bertz CT molecular complexity index is 3940. The van der Waals surface area contributed by atoms with Gasteiger partial charge in [-0.15, -0.1) is 0 Å². The summed E-state index contributed by atoms with van der Waals surface area (Å²) in [5, 5.41) is 2.30. The van der Waals surface area contributed by atoms with E-state index in [0.29, 0.717) is 17.5 Å². The van der Waals surface area contributed by atoms with Crippen LogP contribution in [0.25, 0.3) is 100 Å². The first-order valence-corrected chi connectivity index (χ1v) is 22.8. The van der Waals surface area contributed by atoms with Crippen molar-refractivity contribution < 1.29 is 147 Å². The fourth-order valence-corrected chi connectivity index (χ4v) is 8.86. The molecule has 8 bridgehead atoms. The van der Waals surface area contributed by atoms with Crippen LogP contribution in [0.2, 0.25) is 0 Å². The molecular formula is C42H23N8Na3O9S3Zn. The van der Waals surface area contributed by atoms with Gasteiger partial charge >= 0.3 is 108 Å². The van der Waals surface area contributed by atoms with E-state index in [0.717, 1.165) is 65.6 Å². The number of hydrogen-bond acceptors (Lipinski definition) is 15. The van der Waals surface area contributed by atoms with E-state index in [1.165, 1.54) is 18.2 Å². The van der Waals surface area contributed by atoms with Gasteiger partial charge in [-0.05, 0) is 93.3 Å². The molecule has 8 aromatic rings. The minimum atomic E-state index is -5.00. The molecule has 0 N–H and O–H groups in total. The summed E-state index contributed by atoms with van der Waals surface area (Å²) in [4.78, 5) is 35.9. The molecule has 0 saturated carbocycles. The zero-order valence-electron chi connectivity index (χ0n) is 35.4. The van der Waals surface area contributed by atoms with Crippen LogP contribution in [0.1, 0.15) is 31.7 Å². The molecule has 0 fully saturated rings. The number of rotatable bonds is 5. The van der Waals surface area contributed by atoms with Gasteiger partial charge in [0.25, 0.3) is 0 Å². The first-order chi connectivity index (χ1) is 29.5. The van der Waals surface area contributed by atoms with Crippen LogP contribution in [-0.4, -0.2) is 68.8 Å². The Labute approximate surface area is 455 Å². The fraction of sp³-hybridized carbons (Fsp3) is 0.0952. The number of aromatic nitrogens is 8. The van der Waals surface area contributed by atoms with Gasteiger partial charge in [-0.1, -0.05) is 55.5 Å². The van der Waals surface area contributed by atoms with E-state index in [9.17, 15) is 38.9 Å². The molecule has 2 aliphatic heterocycles. The van der Waals surface area contributed by atoms with Gasteiger partial charge in [0.05, 0.1) is 38.0 Å². The molecule has 24 heteroatoms. The van der Waals surface area contributed by atoms with Gasteiger partial charge in [-0.3, -0.25) is 0 Å². The van der Waals surface area contributed by atoms with Crippen molar-refractivity contribution in [2.45, 2.75) is 40.9 Å². The van der Waals surface area contributed by atoms with E-state index in [2.05, 4.69) is 43.7 Å². The van der Waals surface area contributed by atoms with Crippen molar-refractivity contribution in [2.24, 2.45) is 0 Å². The van der Waals surface area contributed by atoms with E-state index in [-0.39, 0.29) is 187 Å². The summed E-state index contributed by atoms with van der Waals surface area (Å²) in [6.45, 7) is 2.09. The maximum atomic E-state index is 12.2. The molecule has 5 aromatic carbocycles. The second-order valence-corrected chi connectivity index (χ2v) is 18.4. The van der Waals surface area contributed by atoms with Crippen LogP contribution in [0.3, 0.4) is 0 Å². The molecule has 17 nitrogen and oxygen atoms in total. The predicted octanol–water partition coefficient (Wildman–Crippen LogP) is -3.46. The van der Waals surface area contributed by atoms with E-state index in [1.807, 2.05) is 30.3 Å². The van der Waals surface area contributed by atoms with Crippen molar-refractivity contribution in [2.75, 3.05) is 0 Å². The van der Waals surface area contributed by atoms with E-state index < -0.39 is 45.0 Å². The Balaban J connectivity index is 0.00000180. The first-order valence-electron chi connectivity index (χ1n) is 18.6. The fourth-order valence-electron chi connectivity index (χ4n) is 7.37. The van der Waals surface area contributed by atoms with Crippen LogP contribution >= 0.6 is 0 Å². The minimum absolute atomic E-state index is 0. The molecule has 0 amide bonds. The molecule has 5 heterocycles. The summed E-state index contributed by atoms with van der Waals surface area (Å²) in [6.07, 6.45) is 2.65. The summed E-state index contributed by atoms with van der Waals surface area (Å²) in [7, 11) is -14.9. The van der Waals surface area contributed by atoms with Crippen LogP contribution in [0.5, 0.6) is 0 Å². The molecule has 0 unspecified atom stereocenters. The average Bonchev–Trinajstić information content (AvgIpc) is 3.95. The largest absolute Gasteiger partial charge is 2.00 e. The quantitative estimate of drug-likeness (QED) is 0.0701. The number of unbranched alkanes of at least 4 members (excludes halogenated alkanes) is 2. The maximum absolute atomic E-state index is 12.2. The second-order valence-electron chi connectivity index (χ2n) is 14.3. The number of nitrogens with zero attached hydrogens (tertiary/aromatic N) is 8. The molecule has 0 atom stereocenters. The van der Waals surface area contributed by atoms with Gasteiger partial charge < -0.3 is 43.6 Å². The predicted molar refractivity (Wildman–Crippen MR) is 222 cm³/mol. The molecule has 3 aromatic heterocycles. The molecule has 0 saturated heterocycles. The monoisotopic (exact) mass is 1010 g/mol. The Morgan fingerprint density at radius 1 is 0.500 bits per heavy atom. The van der Waals surface area contributed by atoms with Gasteiger partial charge in [0.2, 0.25) is 0 Å². The summed E-state index contributed by atoms with van der Waals surface area (Å²) < 4.78 is 110. The SMILES string of the molecule is CCCCC#Cc1cccc2cc3c(cc12)-c1nc-3nc2[n-]c(nc3nc(nc4[n-]c(n1)c1ccc(S(=O)(=O)[O-])cc41)-c1ccc(S(=O)(=O)[O-])cc1-3)c1cc(S(=O)(=O)[O-])ccc21.[Na+].[Na+].[Na+].[Zn+2]. The smallest absolute Gasteiger partial charge is 0.744 e. The standard InChI is InChI=1S/C42H26N8O9S3.3Na.Zn/c1-2-3-4-5-7-21-8-6-9-22-16-30-34(20-29(21)22)42-48-37-26-13-10-23(60(51,52)53)17-31(26)39(45-37)44-36-28-15-12-25(62(57,58)59)19-33(28)41(47-36)50-40-32-18-24(61(54,55)56)11-14-27(32)35(46-40)43-38(30)49-42;;;;/h6,8-20H,2-4H2,1H3,(H3-2,43,44,45,46,47,48,49,50,51,52,53,54,55,56,57,58,59);;;;/q-2;3*+1;+2/p-3. The summed E-state index contributed by atoms with van der Waals surface area (Å²) >= 11 is 0. The zero-order chi connectivity index (χ0) is 43.3. The first kappa shape index (κ1) is 52.0. The van der Waals surface area contributed by atoms with Crippen molar-refractivity contribution >= 4 is 85.3 Å². The molecule has 66 heavy (non-hydrogen) atoms. The maximum Gasteiger partial charge on any atom is 2.00 e. The van der Waals surface area contributed by atoms with Crippen LogP contribution < -0.4 is 98.6 Å². The van der Waals surface area contributed by atoms with Crippen LogP contribution in [0.15, 0.2) is 99.6 Å². The molecule has 10 rings (SSSR count). The van der Waals surface area contributed by atoms with E-state index >= 15 is 0 Å². The minimum Gasteiger partial charge on any atom is -0.744 e. The zero-order valence-corrected chi connectivity index (χ0v) is 46.8. The number of hydrogen-bond donors (Lipinski definition) is 0. The third kappa shape index (κ3) is 9.63. The van der Waals surface area contributed by atoms with Crippen LogP contribution in [0.4, 0.5) is 0 Å². The molecular weight excluding hydrogens is 991 g/mol. The number of benzene rings is 5. The second kappa shape index (κ2) is 19.6. The van der Waals surface area contributed by atoms with Crippen molar-refractivity contribution in [3.63, 3.8) is 0 Å². The Hall–Kier alpha value is -3.37. The third-order valence-corrected chi connectivity index (χ3v) is 12.9. The normalized spacial score (nSPS) is 11.9. The summed E-state index contributed by atoms with van der Waals surface area (Å²) in [5.74, 6) is 6.43. The number of fused-ring (bicyclic) bond motifs is 21. The van der Waals surface area contributed by atoms with E-state index in [1.54, 1.807) is 0 Å². The van der Waals surface area contributed by atoms with Gasteiger partial charge in [0, 0.05) is 56.8 Å². The molecule has 0 spiro atoms. The summed E-state index contributed by atoms with van der Waals surface area (Å²) in [5.41, 5.74) is 1.70. The topological polar surface area (TPSA) is 277 Å². The van der Waals surface area contributed by atoms with Crippen molar-refractivity contribution in [1.29, 1.82) is 0 Å². The van der Waals surface area contributed by atoms with Gasteiger partial charge in [0.1, 0.15) is 30.4 Å². The third-order valence-electron chi connectivity index (χ3n) is 10.4. The van der Waals surface area contributed by atoms with E-state index in [4.69, 9.17) is 15.0 Å².